The normalized spacial score (nSPS) is 19.2. The van der Waals surface area contributed by atoms with Gasteiger partial charge in [0.2, 0.25) is 5.60 Å². The van der Waals surface area contributed by atoms with Crippen molar-refractivity contribution >= 4 is 22.5 Å². The van der Waals surface area contributed by atoms with Crippen molar-refractivity contribution in [3.63, 3.8) is 0 Å². The van der Waals surface area contributed by atoms with Crippen molar-refractivity contribution < 1.29 is 23.2 Å². The quantitative estimate of drug-likeness (QED) is 0.539. The lowest BCUT2D eigenvalue weighted by Gasteiger charge is -2.19. The van der Waals surface area contributed by atoms with Gasteiger partial charge in [-0.2, -0.15) is 4.98 Å². The standard InChI is InChI=1S/C21H16F2N4O3/c22-14-7-12(8-15(23)11-14)9-18-25-19(30-26-18)21(29)4-6-27(20(21)28)16-1-2-17-13(10-16)3-5-24-17/h1-3,5,7-8,10-11,24,29H,4,6,9H2. The molecule has 0 radical (unpaired) electrons. The van der Waals surface area contributed by atoms with Crippen LogP contribution in [0.3, 0.4) is 0 Å². The Bertz CT molecular complexity index is 1250. The van der Waals surface area contributed by atoms with Crippen LogP contribution >= 0.6 is 0 Å². The topological polar surface area (TPSA) is 95.2 Å². The van der Waals surface area contributed by atoms with Crippen LogP contribution in [0.25, 0.3) is 10.9 Å². The van der Waals surface area contributed by atoms with Gasteiger partial charge in [-0.15, -0.1) is 0 Å². The van der Waals surface area contributed by atoms with Crippen LogP contribution in [0.4, 0.5) is 14.5 Å². The molecule has 0 aliphatic carbocycles. The van der Waals surface area contributed by atoms with Crippen LogP contribution in [0, 0.1) is 11.6 Å². The maximum atomic E-state index is 13.4. The van der Waals surface area contributed by atoms with Gasteiger partial charge in [0, 0.05) is 48.2 Å². The highest BCUT2D eigenvalue weighted by Gasteiger charge is 2.51. The number of hydrogen-bond donors (Lipinski definition) is 2. The third-order valence-electron chi connectivity index (χ3n) is 5.25. The van der Waals surface area contributed by atoms with E-state index in [1.807, 2.05) is 18.2 Å². The van der Waals surface area contributed by atoms with Gasteiger partial charge in [0.25, 0.3) is 11.8 Å². The highest BCUT2D eigenvalue weighted by molar-refractivity contribution is 6.02. The highest BCUT2D eigenvalue weighted by Crippen LogP contribution is 2.36. The van der Waals surface area contributed by atoms with E-state index in [-0.39, 0.29) is 31.1 Å². The average molecular weight is 410 g/mol. The maximum absolute atomic E-state index is 13.4. The predicted octanol–water partition coefficient (Wildman–Crippen LogP) is 3.04. The number of aromatic nitrogens is 3. The minimum atomic E-state index is -1.95. The molecular formula is C21H16F2N4O3. The van der Waals surface area contributed by atoms with Crippen LogP contribution in [0.15, 0.2) is 53.2 Å². The van der Waals surface area contributed by atoms with Crippen molar-refractivity contribution in [1.29, 1.82) is 0 Å². The zero-order valence-electron chi connectivity index (χ0n) is 15.6. The van der Waals surface area contributed by atoms with E-state index in [9.17, 15) is 18.7 Å². The molecule has 1 saturated heterocycles. The van der Waals surface area contributed by atoms with Crippen LogP contribution < -0.4 is 4.90 Å². The molecule has 1 fully saturated rings. The van der Waals surface area contributed by atoms with Gasteiger partial charge in [0.05, 0.1) is 0 Å². The number of H-pyrrole nitrogens is 1. The molecule has 1 atom stereocenters. The Kier molecular flexibility index (Phi) is 4.14. The monoisotopic (exact) mass is 410 g/mol. The lowest BCUT2D eigenvalue weighted by Crippen LogP contribution is -2.38. The van der Waals surface area contributed by atoms with Gasteiger partial charge < -0.3 is 19.5 Å². The molecule has 0 saturated carbocycles. The Balaban J connectivity index is 1.39. The fourth-order valence-electron chi connectivity index (χ4n) is 3.75. The summed E-state index contributed by atoms with van der Waals surface area (Å²) in [7, 11) is 0. The summed E-state index contributed by atoms with van der Waals surface area (Å²) in [5.74, 6) is -2.11. The Labute approximate surface area is 168 Å². The number of amides is 1. The summed E-state index contributed by atoms with van der Waals surface area (Å²) in [6, 6.07) is 10.5. The first-order valence-corrected chi connectivity index (χ1v) is 9.32. The molecule has 1 aliphatic rings. The second kappa shape index (κ2) is 6.74. The summed E-state index contributed by atoms with van der Waals surface area (Å²) in [6.45, 7) is 0.276. The minimum Gasteiger partial charge on any atom is -0.372 e. The number of halogens is 2. The molecule has 4 aromatic rings. The second-order valence-corrected chi connectivity index (χ2v) is 7.29. The number of nitrogens with zero attached hydrogens (tertiary/aromatic N) is 3. The van der Waals surface area contributed by atoms with E-state index in [4.69, 9.17) is 4.52 Å². The van der Waals surface area contributed by atoms with E-state index < -0.39 is 23.1 Å². The number of aromatic amines is 1. The van der Waals surface area contributed by atoms with Crippen molar-refractivity contribution in [2.45, 2.75) is 18.4 Å². The Morgan fingerprint density at radius 2 is 1.97 bits per heavy atom. The van der Waals surface area contributed by atoms with Crippen molar-refractivity contribution in [2.24, 2.45) is 0 Å². The van der Waals surface area contributed by atoms with E-state index >= 15 is 0 Å². The van der Waals surface area contributed by atoms with Crippen LogP contribution in [-0.4, -0.2) is 32.7 Å². The summed E-state index contributed by atoms with van der Waals surface area (Å²) < 4.78 is 31.9. The van der Waals surface area contributed by atoms with Gasteiger partial charge in [-0.25, -0.2) is 8.78 Å². The first-order valence-electron chi connectivity index (χ1n) is 9.32. The molecule has 9 heteroatoms. The predicted molar refractivity (Wildman–Crippen MR) is 103 cm³/mol. The van der Waals surface area contributed by atoms with Crippen molar-refractivity contribution in [2.75, 3.05) is 11.4 Å². The third kappa shape index (κ3) is 3.03. The van der Waals surface area contributed by atoms with Crippen molar-refractivity contribution in [3.05, 3.63) is 77.6 Å². The lowest BCUT2D eigenvalue weighted by molar-refractivity contribution is -0.136. The number of anilines is 1. The van der Waals surface area contributed by atoms with Gasteiger partial charge in [-0.05, 0) is 42.0 Å². The molecular weight excluding hydrogens is 394 g/mol. The summed E-state index contributed by atoms with van der Waals surface area (Å²) in [5.41, 5.74) is -0.0501. The zero-order chi connectivity index (χ0) is 20.9. The molecule has 152 valence electrons. The second-order valence-electron chi connectivity index (χ2n) is 7.29. The molecule has 2 N–H and O–H groups in total. The first kappa shape index (κ1) is 18.4. The fraction of sp³-hybridized carbons (Fsp3) is 0.190. The Morgan fingerprint density at radius 1 is 1.17 bits per heavy atom. The molecule has 3 heterocycles. The minimum absolute atomic E-state index is 0.00365. The van der Waals surface area contributed by atoms with Gasteiger partial charge in [-0.1, -0.05) is 5.16 Å². The Morgan fingerprint density at radius 3 is 2.77 bits per heavy atom. The number of nitrogens with one attached hydrogen (secondary N) is 1. The average Bonchev–Trinajstić information content (AvgIpc) is 3.41. The SMILES string of the molecule is O=C1N(c2ccc3[nH]ccc3c2)CCC1(O)c1nc(Cc2cc(F)cc(F)c2)no1. The number of fused-ring (bicyclic) bond motifs is 1. The van der Waals surface area contributed by atoms with Crippen LogP contribution in [0.2, 0.25) is 0 Å². The van der Waals surface area contributed by atoms with E-state index in [0.717, 1.165) is 29.1 Å². The highest BCUT2D eigenvalue weighted by atomic mass is 19.1. The van der Waals surface area contributed by atoms with Crippen LogP contribution in [-0.2, 0) is 16.8 Å². The van der Waals surface area contributed by atoms with Gasteiger partial charge in [0.15, 0.2) is 5.82 Å². The molecule has 2 aromatic carbocycles. The fourth-order valence-corrected chi connectivity index (χ4v) is 3.75. The number of benzene rings is 2. The summed E-state index contributed by atoms with van der Waals surface area (Å²) >= 11 is 0. The Hall–Kier alpha value is -3.59. The number of carbonyl (C=O) groups is 1. The number of carbonyl (C=O) groups excluding carboxylic acids is 1. The van der Waals surface area contributed by atoms with E-state index in [1.165, 1.54) is 4.90 Å². The van der Waals surface area contributed by atoms with Gasteiger partial charge >= 0.3 is 0 Å². The lowest BCUT2D eigenvalue weighted by atomic mass is 10.0. The molecule has 0 bridgehead atoms. The van der Waals surface area contributed by atoms with E-state index in [0.29, 0.717) is 11.3 Å². The van der Waals surface area contributed by atoms with E-state index in [1.54, 1.807) is 12.3 Å². The summed E-state index contributed by atoms with van der Waals surface area (Å²) in [5, 5.41) is 15.7. The number of aliphatic hydroxyl groups is 1. The first-order chi connectivity index (χ1) is 14.4. The third-order valence-corrected chi connectivity index (χ3v) is 5.25. The van der Waals surface area contributed by atoms with Crippen molar-refractivity contribution in [1.82, 2.24) is 15.1 Å². The van der Waals surface area contributed by atoms with Crippen LogP contribution in [0.5, 0.6) is 0 Å². The largest absolute Gasteiger partial charge is 0.372 e. The molecule has 5 rings (SSSR count). The maximum Gasteiger partial charge on any atom is 0.268 e. The number of hydrogen-bond acceptors (Lipinski definition) is 5. The summed E-state index contributed by atoms with van der Waals surface area (Å²) in [4.78, 5) is 21.7. The van der Waals surface area contributed by atoms with Gasteiger partial charge in [0.1, 0.15) is 11.6 Å². The molecule has 30 heavy (non-hydrogen) atoms. The molecule has 0 spiro atoms. The zero-order valence-corrected chi connectivity index (χ0v) is 15.6. The van der Waals surface area contributed by atoms with Gasteiger partial charge in [-0.3, -0.25) is 4.79 Å². The van der Waals surface area contributed by atoms with E-state index in [2.05, 4.69) is 15.1 Å². The molecule has 1 aliphatic heterocycles. The van der Waals surface area contributed by atoms with Crippen LogP contribution in [0.1, 0.15) is 23.7 Å². The smallest absolute Gasteiger partial charge is 0.268 e. The van der Waals surface area contributed by atoms with Crippen molar-refractivity contribution in [3.8, 4) is 0 Å². The molecule has 2 aromatic heterocycles. The molecule has 1 amide bonds. The summed E-state index contributed by atoms with van der Waals surface area (Å²) in [6.07, 6.45) is 1.88. The molecule has 7 nitrogen and oxygen atoms in total. The molecule has 1 unspecified atom stereocenters. The number of rotatable bonds is 4.